The van der Waals surface area contributed by atoms with Crippen LogP contribution in [-0.2, 0) is 5.41 Å². The number of aliphatic imine (C=N–C) groups is 4. The lowest BCUT2D eigenvalue weighted by molar-refractivity contribution is 0.397. The molecule has 346 valence electrons. The molecule has 0 saturated heterocycles. The summed E-state index contributed by atoms with van der Waals surface area (Å²) in [5.41, 5.74) is 23.5. The Morgan fingerprint density at radius 2 is 0.864 bits per heavy atom. The summed E-state index contributed by atoms with van der Waals surface area (Å²) in [6, 6.07) is 31.7. The first-order chi connectivity index (χ1) is 32.0. The van der Waals surface area contributed by atoms with E-state index in [0.29, 0.717) is 0 Å². The van der Waals surface area contributed by atoms with Crippen LogP contribution < -0.4 is 0 Å². The molecule has 0 fully saturated rings. The van der Waals surface area contributed by atoms with E-state index in [2.05, 4.69) is 167 Å². The smallest absolute Gasteiger partial charge is 0.0910 e. The largest absolute Gasteiger partial charge is 0.286 e. The SMILES string of the molecule is CCCCCCCCC1(CCCCCCCC)c2cc(C)ccc2-c2ccc(C3=CC=C(C)C(=NC)C3=NC)cc21.CN=C1C(c2ccc(C)cc2)=CC(C)=C(c2ccc(C)cc2)C1=NC. The van der Waals surface area contributed by atoms with Gasteiger partial charge >= 0.3 is 0 Å². The molecule has 0 amide bonds. The molecule has 0 unspecified atom stereocenters. The Bertz CT molecular complexity index is 2550. The zero-order valence-corrected chi connectivity index (χ0v) is 42.5. The van der Waals surface area contributed by atoms with Gasteiger partial charge in [0, 0.05) is 50.3 Å². The van der Waals surface area contributed by atoms with Gasteiger partial charge in [-0.05, 0) is 110 Å². The molecule has 0 N–H and O–H groups in total. The number of hydrogen-bond acceptors (Lipinski definition) is 4. The zero-order valence-electron chi connectivity index (χ0n) is 42.5. The molecule has 0 atom stereocenters. The van der Waals surface area contributed by atoms with Crippen molar-refractivity contribution in [1.29, 1.82) is 0 Å². The van der Waals surface area contributed by atoms with Crippen LogP contribution in [0.3, 0.4) is 0 Å². The highest BCUT2D eigenvalue weighted by Gasteiger charge is 2.42. The fourth-order valence-electron chi connectivity index (χ4n) is 10.5. The Balaban J connectivity index is 0.000000245. The second-order valence-electron chi connectivity index (χ2n) is 19.0. The van der Waals surface area contributed by atoms with Gasteiger partial charge in [-0.1, -0.05) is 199 Å². The van der Waals surface area contributed by atoms with Gasteiger partial charge in [0.25, 0.3) is 0 Å². The van der Waals surface area contributed by atoms with E-state index < -0.39 is 0 Å². The Hall–Kier alpha value is -5.48. The van der Waals surface area contributed by atoms with Gasteiger partial charge in [-0.15, -0.1) is 0 Å². The predicted octanol–water partition coefficient (Wildman–Crippen LogP) is 16.6. The highest BCUT2D eigenvalue weighted by molar-refractivity contribution is 6.70. The van der Waals surface area contributed by atoms with E-state index in [-0.39, 0.29) is 5.41 Å². The van der Waals surface area contributed by atoms with Crippen molar-refractivity contribution in [3.63, 3.8) is 0 Å². The van der Waals surface area contributed by atoms with Crippen molar-refractivity contribution in [1.82, 2.24) is 0 Å². The van der Waals surface area contributed by atoms with Crippen molar-refractivity contribution in [3.8, 4) is 11.1 Å². The summed E-state index contributed by atoms with van der Waals surface area (Å²) in [5, 5.41) is 0. The molecule has 3 aliphatic carbocycles. The first kappa shape index (κ1) is 49.9. The third-order valence-corrected chi connectivity index (χ3v) is 14.2. The van der Waals surface area contributed by atoms with Gasteiger partial charge in [0.15, 0.2) is 0 Å². The first-order valence-electron chi connectivity index (χ1n) is 25.2. The number of rotatable bonds is 17. The van der Waals surface area contributed by atoms with E-state index in [1.54, 1.807) is 11.1 Å². The molecule has 4 aromatic carbocycles. The van der Waals surface area contributed by atoms with E-state index in [4.69, 9.17) is 4.99 Å². The number of allylic oxidation sites excluding steroid dienone is 8. The maximum Gasteiger partial charge on any atom is 0.0910 e. The van der Waals surface area contributed by atoms with Crippen molar-refractivity contribution >= 4 is 39.6 Å². The molecule has 0 saturated carbocycles. The van der Waals surface area contributed by atoms with Gasteiger partial charge in [-0.25, -0.2) is 0 Å². The van der Waals surface area contributed by atoms with Gasteiger partial charge in [0.2, 0.25) is 0 Å². The molecule has 4 heteroatoms. The lowest BCUT2D eigenvalue weighted by atomic mass is 9.70. The summed E-state index contributed by atoms with van der Waals surface area (Å²) in [6.45, 7) is 15.4. The molecule has 66 heavy (non-hydrogen) atoms. The van der Waals surface area contributed by atoms with Crippen molar-refractivity contribution < 1.29 is 0 Å². The lowest BCUT2D eigenvalue weighted by Gasteiger charge is -2.33. The van der Waals surface area contributed by atoms with E-state index in [9.17, 15) is 0 Å². The molecule has 0 bridgehead atoms. The normalized spacial score (nSPS) is 17.7. The maximum absolute atomic E-state index is 4.74. The quantitative estimate of drug-likeness (QED) is 0.0749. The topological polar surface area (TPSA) is 49.4 Å². The summed E-state index contributed by atoms with van der Waals surface area (Å²) in [7, 11) is 7.48. The molecule has 0 aromatic heterocycles. The maximum atomic E-state index is 4.74. The minimum atomic E-state index is 0.0917. The van der Waals surface area contributed by atoms with Crippen LogP contribution in [0.15, 0.2) is 134 Å². The average Bonchev–Trinajstić information content (AvgIpc) is 3.58. The summed E-state index contributed by atoms with van der Waals surface area (Å²) in [6.07, 6.45) is 25.3. The molecule has 4 nitrogen and oxygen atoms in total. The summed E-state index contributed by atoms with van der Waals surface area (Å²) in [5.74, 6) is 0. The van der Waals surface area contributed by atoms with Crippen LogP contribution in [0, 0.1) is 20.8 Å². The average molecular weight is 879 g/mol. The fourth-order valence-corrected chi connectivity index (χ4v) is 10.5. The van der Waals surface area contributed by atoms with Crippen molar-refractivity contribution in [3.05, 3.63) is 159 Å². The number of benzene rings is 4. The van der Waals surface area contributed by atoms with Gasteiger partial charge in [-0.3, -0.25) is 20.0 Å². The molecular formula is C62H78N4. The third kappa shape index (κ3) is 11.2. The minimum Gasteiger partial charge on any atom is -0.286 e. The number of hydrogen-bond donors (Lipinski definition) is 0. The van der Waals surface area contributed by atoms with Crippen LogP contribution in [-0.4, -0.2) is 51.0 Å². The van der Waals surface area contributed by atoms with Gasteiger partial charge in [0.05, 0.1) is 22.8 Å². The van der Waals surface area contributed by atoms with E-state index in [1.165, 1.54) is 157 Å². The van der Waals surface area contributed by atoms with E-state index in [0.717, 1.165) is 28.4 Å². The number of unbranched alkanes of at least 4 members (excludes halogenated alkanes) is 10. The molecule has 0 spiro atoms. The highest BCUT2D eigenvalue weighted by atomic mass is 14.8. The molecule has 3 aliphatic rings. The first-order valence-corrected chi connectivity index (χ1v) is 25.2. The second kappa shape index (κ2) is 23.8. The Morgan fingerprint density at radius 1 is 0.409 bits per heavy atom. The van der Waals surface area contributed by atoms with Crippen LogP contribution in [0.1, 0.15) is 162 Å². The van der Waals surface area contributed by atoms with Crippen molar-refractivity contribution in [2.75, 3.05) is 28.2 Å². The van der Waals surface area contributed by atoms with Gasteiger partial charge in [-0.2, -0.15) is 0 Å². The van der Waals surface area contributed by atoms with Crippen LogP contribution >= 0.6 is 0 Å². The molecule has 0 radical (unpaired) electrons. The highest BCUT2D eigenvalue weighted by Crippen LogP contribution is 2.55. The van der Waals surface area contributed by atoms with Crippen LogP contribution in [0.4, 0.5) is 0 Å². The van der Waals surface area contributed by atoms with Gasteiger partial charge in [0.1, 0.15) is 0 Å². The van der Waals surface area contributed by atoms with E-state index in [1.807, 2.05) is 28.2 Å². The Kier molecular flexibility index (Phi) is 18.0. The molecular weight excluding hydrogens is 801 g/mol. The van der Waals surface area contributed by atoms with Crippen molar-refractivity contribution in [2.24, 2.45) is 20.0 Å². The molecule has 4 aromatic rings. The second-order valence-corrected chi connectivity index (χ2v) is 19.0. The monoisotopic (exact) mass is 879 g/mol. The minimum absolute atomic E-state index is 0.0917. The van der Waals surface area contributed by atoms with Crippen LogP contribution in [0.25, 0.3) is 27.8 Å². The molecule has 0 aliphatic heterocycles. The molecule has 0 heterocycles. The predicted molar refractivity (Wildman–Crippen MR) is 291 cm³/mol. The Labute approximate surface area is 399 Å². The molecule has 7 rings (SSSR count). The van der Waals surface area contributed by atoms with Crippen LogP contribution in [0.5, 0.6) is 0 Å². The zero-order chi connectivity index (χ0) is 47.2. The summed E-state index contributed by atoms with van der Waals surface area (Å²) >= 11 is 0. The third-order valence-electron chi connectivity index (χ3n) is 14.2. The fraction of sp³-hybridized carbons (Fsp3) is 0.419. The summed E-state index contributed by atoms with van der Waals surface area (Å²) in [4.78, 5) is 18.6. The number of nitrogens with zero attached hydrogens (tertiary/aromatic N) is 4. The van der Waals surface area contributed by atoms with Crippen LogP contribution in [0.2, 0.25) is 0 Å². The standard InChI is InChI=1S/C39H54N2.C23H24N2/c1-7-9-11-13-15-17-25-39(26-18-16-14-12-10-8-2)35-27-29(3)19-22-33(35)34-24-21-31(28-36(34)39)32-23-20-30(4)37(40-5)38(32)41-6;1-15-6-10-18(11-7-15)20-14-17(3)21(23(25-5)22(20)24-4)19-12-8-16(2)9-13-19/h19-24,27-28H,7-18,25-26H2,1-6H3;6-14H,1-5H3. The number of aryl methyl sites for hydroxylation is 3. The lowest BCUT2D eigenvalue weighted by Crippen LogP contribution is -2.26. The van der Waals surface area contributed by atoms with E-state index >= 15 is 0 Å². The van der Waals surface area contributed by atoms with Gasteiger partial charge < -0.3 is 0 Å². The van der Waals surface area contributed by atoms with Crippen molar-refractivity contribution in [2.45, 2.75) is 144 Å². The Morgan fingerprint density at radius 3 is 1.41 bits per heavy atom. The number of fused-ring (bicyclic) bond motifs is 3. The summed E-state index contributed by atoms with van der Waals surface area (Å²) < 4.78 is 0.